The molecule has 3 rings (SSSR count). The van der Waals surface area contributed by atoms with E-state index in [0.717, 1.165) is 11.1 Å². The molecule has 0 saturated heterocycles. The number of benzene rings is 1. The number of aryl methyl sites for hydroxylation is 2. The summed E-state index contributed by atoms with van der Waals surface area (Å²) < 4.78 is 34.6. The molecule has 0 radical (unpaired) electrons. The van der Waals surface area contributed by atoms with Crippen molar-refractivity contribution in [2.75, 3.05) is 0 Å². The first-order valence-electron chi connectivity index (χ1n) is 7.19. The average Bonchev–Trinajstić information content (AvgIpc) is 2.92. The standard InChI is InChI=1S/C16H16N2O2S/c1-3-13-8-10-17-16-15(13)9-11-18(16)21(19,20)14-6-4-12(2)5-7-14/h4-11H,3H2,1-2H3/i3D. The predicted molar refractivity (Wildman–Crippen MR) is 82.9 cm³/mol. The monoisotopic (exact) mass is 301 g/mol. The van der Waals surface area contributed by atoms with Gasteiger partial charge in [0.05, 0.1) is 4.90 Å². The minimum Gasteiger partial charge on any atom is -0.237 e. The molecule has 3 aromatic rings. The van der Waals surface area contributed by atoms with Gasteiger partial charge in [-0.15, -0.1) is 0 Å². The summed E-state index contributed by atoms with van der Waals surface area (Å²) in [6.07, 6.45) is 2.60. The number of rotatable bonds is 3. The van der Waals surface area contributed by atoms with Crippen LogP contribution in [0.5, 0.6) is 0 Å². The van der Waals surface area contributed by atoms with Crippen molar-refractivity contribution in [3.8, 4) is 0 Å². The van der Waals surface area contributed by atoms with Gasteiger partial charge >= 0.3 is 0 Å². The first kappa shape index (κ1) is 12.6. The summed E-state index contributed by atoms with van der Waals surface area (Å²) in [6, 6.07) is 10.2. The van der Waals surface area contributed by atoms with E-state index in [2.05, 4.69) is 4.98 Å². The van der Waals surface area contributed by atoms with E-state index in [-0.39, 0.29) is 4.90 Å². The molecule has 0 spiro atoms. The number of pyridine rings is 1. The van der Waals surface area contributed by atoms with Crippen molar-refractivity contribution >= 4 is 21.1 Å². The fourth-order valence-electron chi connectivity index (χ4n) is 2.31. The highest BCUT2D eigenvalue weighted by molar-refractivity contribution is 7.90. The van der Waals surface area contributed by atoms with Crippen LogP contribution in [0.2, 0.25) is 0 Å². The summed E-state index contributed by atoms with van der Waals surface area (Å²) in [5.41, 5.74) is 2.12. The number of nitrogens with zero attached hydrogens (tertiary/aromatic N) is 2. The molecule has 0 saturated carbocycles. The predicted octanol–water partition coefficient (Wildman–Crippen LogP) is 3.14. The lowest BCUT2D eigenvalue weighted by Gasteiger charge is -2.08. The zero-order valence-corrected chi connectivity index (χ0v) is 12.6. The molecule has 0 fully saturated rings. The van der Waals surface area contributed by atoms with E-state index in [1.807, 2.05) is 6.92 Å². The summed E-state index contributed by atoms with van der Waals surface area (Å²) >= 11 is 0. The van der Waals surface area contributed by atoms with E-state index in [1.165, 1.54) is 10.2 Å². The highest BCUT2D eigenvalue weighted by atomic mass is 32.2. The molecule has 2 aromatic heterocycles. The fourth-order valence-corrected chi connectivity index (χ4v) is 3.61. The normalized spacial score (nSPS) is 14.1. The lowest BCUT2D eigenvalue weighted by molar-refractivity contribution is 0.588. The fraction of sp³-hybridized carbons (Fsp3) is 0.188. The Bertz CT molecular complexity index is 928. The lowest BCUT2D eigenvalue weighted by atomic mass is 10.1. The summed E-state index contributed by atoms with van der Waals surface area (Å²) in [5.74, 6) is 0. The first-order chi connectivity index (χ1) is 10.4. The Morgan fingerprint density at radius 3 is 2.57 bits per heavy atom. The summed E-state index contributed by atoms with van der Waals surface area (Å²) in [6.45, 7) is 3.66. The molecule has 5 heteroatoms. The third-order valence-corrected chi connectivity index (χ3v) is 5.16. The van der Waals surface area contributed by atoms with Crippen molar-refractivity contribution in [2.45, 2.75) is 25.1 Å². The smallest absolute Gasteiger partial charge is 0.237 e. The van der Waals surface area contributed by atoms with Crippen LogP contribution in [0.4, 0.5) is 0 Å². The van der Waals surface area contributed by atoms with Crippen molar-refractivity contribution in [3.63, 3.8) is 0 Å². The van der Waals surface area contributed by atoms with Gasteiger partial charge < -0.3 is 0 Å². The van der Waals surface area contributed by atoms with Gasteiger partial charge in [0, 0.05) is 19.2 Å². The Balaban J connectivity index is 2.22. The zero-order valence-electron chi connectivity index (χ0n) is 12.8. The van der Waals surface area contributed by atoms with E-state index >= 15 is 0 Å². The van der Waals surface area contributed by atoms with Gasteiger partial charge in [0.25, 0.3) is 10.0 Å². The highest BCUT2D eigenvalue weighted by Gasteiger charge is 2.20. The van der Waals surface area contributed by atoms with Crippen molar-refractivity contribution in [1.82, 2.24) is 8.96 Å². The largest absolute Gasteiger partial charge is 0.269 e. The second-order valence-corrected chi connectivity index (χ2v) is 6.67. The maximum atomic E-state index is 12.8. The summed E-state index contributed by atoms with van der Waals surface area (Å²) in [5, 5.41) is 0.695. The third-order valence-electron chi connectivity index (χ3n) is 3.48. The van der Waals surface area contributed by atoms with Gasteiger partial charge in [-0.3, -0.25) is 0 Å². The summed E-state index contributed by atoms with van der Waals surface area (Å²) in [4.78, 5) is 4.42. The third kappa shape index (κ3) is 2.23. The van der Waals surface area contributed by atoms with Crippen LogP contribution >= 0.6 is 0 Å². The van der Waals surface area contributed by atoms with Crippen molar-refractivity contribution in [1.29, 1.82) is 0 Å². The molecule has 0 amide bonds. The molecular weight excluding hydrogens is 284 g/mol. The SMILES string of the molecule is [2H]C(C)c1ccnc2c1ccn2S(=O)(=O)c1ccc(C)cc1. The lowest BCUT2D eigenvalue weighted by Crippen LogP contribution is -2.12. The second kappa shape index (κ2) is 5.00. The molecule has 0 bridgehead atoms. The van der Waals surface area contributed by atoms with E-state index < -0.39 is 16.4 Å². The molecule has 1 aromatic carbocycles. The van der Waals surface area contributed by atoms with Gasteiger partial charge in [-0.2, -0.15) is 0 Å². The summed E-state index contributed by atoms with van der Waals surface area (Å²) in [7, 11) is -3.69. The first-order valence-corrected chi connectivity index (χ1v) is 8.06. The zero-order chi connectivity index (χ0) is 15.9. The van der Waals surface area contributed by atoms with Crippen molar-refractivity contribution in [2.24, 2.45) is 0 Å². The molecule has 0 aliphatic rings. The van der Waals surface area contributed by atoms with Crippen LogP contribution < -0.4 is 0 Å². The molecule has 2 heterocycles. The Kier molecular flexibility index (Phi) is 3.00. The topological polar surface area (TPSA) is 52.0 Å². The molecule has 108 valence electrons. The molecule has 21 heavy (non-hydrogen) atoms. The van der Waals surface area contributed by atoms with Crippen LogP contribution in [-0.4, -0.2) is 17.4 Å². The van der Waals surface area contributed by atoms with Gasteiger partial charge in [0.15, 0.2) is 5.65 Å². The van der Waals surface area contributed by atoms with Gasteiger partial charge in [0.2, 0.25) is 0 Å². The van der Waals surface area contributed by atoms with Crippen molar-refractivity contribution < 1.29 is 9.79 Å². The molecular formula is C16H16N2O2S. The molecule has 1 atom stereocenters. The number of hydrogen-bond acceptors (Lipinski definition) is 3. The van der Waals surface area contributed by atoms with Crippen LogP contribution in [0.1, 0.15) is 19.4 Å². The Morgan fingerprint density at radius 2 is 1.90 bits per heavy atom. The van der Waals surface area contributed by atoms with Gasteiger partial charge in [-0.05, 0) is 43.1 Å². The Labute approximate surface area is 125 Å². The van der Waals surface area contributed by atoms with Crippen molar-refractivity contribution in [3.05, 3.63) is 59.9 Å². The molecule has 0 N–H and O–H groups in total. The van der Waals surface area contributed by atoms with Gasteiger partial charge in [0.1, 0.15) is 0 Å². The number of fused-ring (bicyclic) bond motifs is 1. The van der Waals surface area contributed by atoms with Gasteiger partial charge in [-0.25, -0.2) is 17.4 Å². The van der Waals surface area contributed by atoms with E-state index in [1.54, 1.807) is 49.5 Å². The van der Waals surface area contributed by atoms with Crippen LogP contribution in [0, 0.1) is 6.92 Å². The Morgan fingerprint density at radius 1 is 1.19 bits per heavy atom. The van der Waals surface area contributed by atoms with Gasteiger partial charge in [-0.1, -0.05) is 24.6 Å². The van der Waals surface area contributed by atoms with E-state index in [4.69, 9.17) is 1.37 Å². The maximum Gasteiger partial charge on any atom is 0.269 e. The molecule has 0 aliphatic heterocycles. The van der Waals surface area contributed by atoms with E-state index in [0.29, 0.717) is 11.0 Å². The van der Waals surface area contributed by atoms with Crippen LogP contribution in [0.25, 0.3) is 11.0 Å². The van der Waals surface area contributed by atoms with Crippen LogP contribution in [-0.2, 0) is 16.4 Å². The number of aromatic nitrogens is 2. The molecule has 4 nitrogen and oxygen atoms in total. The molecule has 1 unspecified atom stereocenters. The average molecular weight is 301 g/mol. The van der Waals surface area contributed by atoms with Crippen LogP contribution in [0.15, 0.2) is 53.7 Å². The maximum absolute atomic E-state index is 12.8. The number of hydrogen-bond donors (Lipinski definition) is 0. The van der Waals surface area contributed by atoms with Crippen LogP contribution in [0.3, 0.4) is 0 Å². The minimum atomic E-state index is -3.69. The Hall–Kier alpha value is -2.14. The van der Waals surface area contributed by atoms with E-state index in [9.17, 15) is 8.42 Å². The highest BCUT2D eigenvalue weighted by Crippen LogP contribution is 2.23. The minimum absolute atomic E-state index is 0.224. The quantitative estimate of drug-likeness (QED) is 0.746. The molecule has 0 aliphatic carbocycles. The second-order valence-electron chi connectivity index (χ2n) is 4.86.